The molecular weight excluding hydrogens is 156 g/mol. The normalized spacial score (nSPS) is 10.3. The molecule has 3 heteroatoms. The van der Waals surface area contributed by atoms with Crippen molar-refractivity contribution < 1.29 is 3.97 Å². The Morgan fingerprint density at radius 2 is 2.09 bits per heavy atom. The van der Waals surface area contributed by atoms with Crippen LogP contribution in [0.4, 0.5) is 0 Å². The zero-order valence-electron chi connectivity index (χ0n) is 5.81. The molecule has 2 aromatic rings. The first-order valence-corrected chi connectivity index (χ1v) is 3.72. The quantitative estimate of drug-likeness (QED) is 0.456. The van der Waals surface area contributed by atoms with Crippen molar-refractivity contribution in [2.45, 2.75) is 0 Å². The number of thiol groups is 1. The Morgan fingerprint density at radius 3 is 2.91 bits per heavy atom. The van der Waals surface area contributed by atoms with E-state index in [0.717, 1.165) is 11.0 Å². The lowest BCUT2D eigenvalue weighted by Gasteiger charge is -1.90. The van der Waals surface area contributed by atoms with E-state index in [2.05, 4.69) is 17.8 Å². The fourth-order valence-electron chi connectivity index (χ4n) is 1.02. The van der Waals surface area contributed by atoms with Crippen molar-refractivity contribution in [3.8, 4) is 0 Å². The van der Waals surface area contributed by atoms with Gasteiger partial charge in [-0.3, -0.25) is 0 Å². The first kappa shape index (κ1) is 6.61. The lowest BCUT2D eigenvalue weighted by Crippen LogP contribution is -2.20. The molecular formula is C8H7N2S+. The van der Waals surface area contributed by atoms with Crippen molar-refractivity contribution in [1.82, 2.24) is 4.98 Å². The van der Waals surface area contributed by atoms with Gasteiger partial charge in [-0.1, -0.05) is 12.1 Å². The van der Waals surface area contributed by atoms with Crippen LogP contribution in [-0.4, -0.2) is 4.98 Å². The third-order valence-corrected chi connectivity index (χ3v) is 1.90. The maximum absolute atomic E-state index is 4.23. The summed E-state index contributed by atoms with van der Waals surface area (Å²) < 4.78 is 1.75. The van der Waals surface area contributed by atoms with Gasteiger partial charge >= 0.3 is 0 Å². The first-order valence-electron chi connectivity index (χ1n) is 3.32. The second-order valence-electron chi connectivity index (χ2n) is 2.26. The number of aromatic nitrogens is 2. The molecule has 0 aliphatic rings. The molecule has 0 fully saturated rings. The molecule has 0 unspecified atom stereocenters. The van der Waals surface area contributed by atoms with Gasteiger partial charge in [0.25, 0.3) is 0 Å². The number of hydrogen-bond acceptors (Lipinski definition) is 2. The van der Waals surface area contributed by atoms with Crippen LogP contribution in [0.25, 0.3) is 11.0 Å². The highest BCUT2D eigenvalue weighted by molar-refractivity contribution is 7.73. The summed E-state index contributed by atoms with van der Waals surface area (Å²) in [6, 6.07) is 7.87. The molecule has 1 aromatic heterocycles. The fourth-order valence-corrected chi connectivity index (χ4v) is 1.25. The van der Waals surface area contributed by atoms with Gasteiger partial charge in [0.05, 0.1) is 6.20 Å². The maximum Gasteiger partial charge on any atom is 0.244 e. The highest BCUT2D eigenvalue weighted by Crippen LogP contribution is 2.04. The Labute approximate surface area is 70.1 Å². The Hall–Kier alpha value is -1.09. The molecule has 1 aromatic carbocycles. The van der Waals surface area contributed by atoms with Crippen LogP contribution in [0.15, 0.2) is 36.7 Å². The SMILES string of the molecule is S[n+]1ccnc2ccccc21. The van der Waals surface area contributed by atoms with Gasteiger partial charge in [-0.2, -0.15) is 0 Å². The molecule has 0 saturated carbocycles. The molecule has 2 nitrogen and oxygen atoms in total. The molecule has 0 radical (unpaired) electrons. The molecule has 11 heavy (non-hydrogen) atoms. The average molecular weight is 163 g/mol. The van der Waals surface area contributed by atoms with Gasteiger partial charge in [0.2, 0.25) is 11.7 Å². The molecule has 54 valence electrons. The van der Waals surface area contributed by atoms with E-state index in [1.807, 2.05) is 30.5 Å². The molecule has 0 aliphatic heterocycles. The van der Waals surface area contributed by atoms with E-state index in [4.69, 9.17) is 0 Å². The third kappa shape index (κ3) is 1.07. The second-order valence-corrected chi connectivity index (χ2v) is 2.69. The zero-order valence-corrected chi connectivity index (χ0v) is 6.70. The van der Waals surface area contributed by atoms with Crippen molar-refractivity contribution in [3.05, 3.63) is 36.7 Å². The molecule has 1 heterocycles. The Morgan fingerprint density at radius 1 is 1.27 bits per heavy atom. The van der Waals surface area contributed by atoms with Crippen molar-refractivity contribution in [2.75, 3.05) is 0 Å². The van der Waals surface area contributed by atoms with E-state index < -0.39 is 0 Å². The minimum atomic E-state index is 0.963. The summed E-state index contributed by atoms with van der Waals surface area (Å²) in [6.07, 6.45) is 3.54. The minimum Gasteiger partial charge on any atom is -0.244 e. The third-order valence-electron chi connectivity index (χ3n) is 1.55. The van der Waals surface area contributed by atoms with Gasteiger partial charge in [0.1, 0.15) is 18.3 Å². The van der Waals surface area contributed by atoms with Crippen LogP contribution in [0.2, 0.25) is 0 Å². The van der Waals surface area contributed by atoms with Gasteiger partial charge in [0.15, 0.2) is 0 Å². The van der Waals surface area contributed by atoms with Crippen LogP contribution < -0.4 is 3.97 Å². The highest BCUT2D eigenvalue weighted by Gasteiger charge is 2.02. The summed E-state index contributed by atoms with van der Waals surface area (Å²) in [4.78, 5) is 4.17. The number of fused-ring (bicyclic) bond motifs is 1. The van der Waals surface area contributed by atoms with E-state index in [1.54, 1.807) is 10.2 Å². The maximum atomic E-state index is 4.23. The number of benzene rings is 1. The van der Waals surface area contributed by atoms with Crippen LogP contribution in [0.5, 0.6) is 0 Å². The predicted molar refractivity (Wildman–Crippen MR) is 46.3 cm³/mol. The molecule has 0 atom stereocenters. The summed E-state index contributed by atoms with van der Waals surface area (Å²) in [5, 5.41) is 0. The van der Waals surface area contributed by atoms with E-state index in [9.17, 15) is 0 Å². The summed E-state index contributed by atoms with van der Waals surface area (Å²) in [7, 11) is 0. The van der Waals surface area contributed by atoms with Crippen LogP contribution in [0.3, 0.4) is 0 Å². The monoisotopic (exact) mass is 163 g/mol. The summed E-state index contributed by atoms with van der Waals surface area (Å²) >= 11 is 4.23. The smallest absolute Gasteiger partial charge is 0.244 e. The Kier molecular flexibility index (Phi) is 1.51. The van der Waals surface area contributed by atoms with Crippen molar-refractivity contribution >= 4 is 23.8 Å². The highest BCUT2D eigenvalue weighted by atomic mass is 32.1. The topological polar surface area (TPSA) is 16.8 Å². The molecule has 0 N–H and O–H groups in total. The Bertz CT molecular complexity index is 381. The van der Waals surface area contributed by atoms with E-state index in [1.165, 1.54) is 0 Å². The Balaban J connectivity index is 2.91. The second kappa shape index (κ2) is 2.51. The molecule has 0 spiro atoms. The number of hydrogen-bond donors (Lipinski definition) is 1. The van der Waals surface area contributed by atoms with Crippen LogP contribution in [0.1, 0.15) is 0 Å². The van der Waals surface area contributed by atoms with Gasteiger partial charge in [-0.25, -0.2) is 4.98 Å². The molecule has 0 amide bonds. The largest absolute Gasteiger partial charge is 0.244 e. The van der Waals surface area contributed by atoms with Gasteiger partial charge in [-0.15, -0.1) is 3.97 Å². The zero-order chi connectivity index (χ0) is 7.68. The van der Waals surface area contributed by atoms with Crippen molar-refractivity contribution in [2.24, 2.45) is 0 Å². The van der Waals surface area contributed by atoms with Crippen LogP contribution in [-0.2, 0) is 0 Å². The molecule has 2 rings (SSSR count). The lowest BCUT2D eigenvalue weighted by atomic mass is 10.3. The van der Waals surface area contributed by atoms with E-state index >= 15 is 0 Å². The standard InChI is InChI=1S/C8H7N2S/c11-10-6-5-9-7-3-1-2-4-8(7)10/h1-6H,(H,9,11)/q+1. The van der Waals surface area contributed by atoms with Gasteiger partial charge < -0.3 is 0 Å². The number of nitrogens with zero attached hydrogens (tertiary/aromatic N) is 2. The first-order chi connectivity index (χ1) is 5.38. The van der Waals surface area contributed by atoms with E-state index in [0.29, 0.717) is 0 Å². The number of rotatable bonds is 0. The molecule has 0 aliphatic carbocycles. The number of para-hydroxylation sites is 2. The van der Waals surface area contributed by atoms with Gasteiger partial charge in [0, 0.05) is 6.07 Å². The van der Waals surface area contributed by atoms with Crippen molar-refractivity contribution in [1.29, 1.82) is 0 Å². The van der Waals surface area contributed by atoms with Crippen LogP contribution in [0, 0.1) is 0 Å². The minimum absolute atomic E-state index is 0.963. The molecule has 0 saturated heterocycles. The summed E-state index contributed by atoms with van der Waals surface area (Å²) in [6.45, 7) is 0. The summed E-state index contributed by atoms with van der Waals surface area (Å²) in [5.74, 6) is 0. The average Bonchev–Trinajstić information content (AvgIpc) is 2.06. The van der Waals surface area contributed by atoms with Crippen molar-refractivity contribution in [3.63, 3.8) is 0 Å². The fraction of sp³-hybridized carbons (Fsp3) is 0. The molecule has 0 bridgehead atoms. The lowest BCUT2D eigenvalue weighted by molar-refractivity contribution is -0.458. The predicted octanol–water partition coefficient (Wildman–Crippen LogP) is 1.22. The van der Waals surface area contributed by atoms with E-state index in [-0.39, 0.29) is 0 Å². The summed E-state index contributed by atoms with van der Waals surface area (Å²) in [5.41, 5.74) is 1.99. The van der Waals surface area contributed by atoms with Crippen LogP contribution >= 0.6 is 12.8 Å². The van der Waals surface area contributed by atoms with Gasteiger partial charge in [-0.05, 0) is 6.07 Å².